The van der Waals surface area contributed by atoms with E-state index in [1.165, 1.54) is 12.1 Å². The van der Waals surface area contributed by atoms with Crippen LogP contribution in [0, 0.1) is 0 Å². The molecule has 0 aromatic heterocycles. The average molecular weight is 239 g/mol. The number of phenolic OH excluding ortho intramolecular Hbond substituents is 2. The summed E-state index contributed by atoms with van der Waals surface area (Å²) in [5.74, 6) is -0.442. The van der Waals surface area contributed by atoms with Crippen LogP contribution >= 0.6 is 0 Å². The van der Waals surface area contributed by atoms with Gasteiger partial charge < -0.3 is 20.4 Å². The van der Waals surface area contributed by atoms with Gasteiger partial charge in [-0.05, 0) is 24.1 Å². The van der Waals surface area contributed by atoms with Gasteiger partial charge in [0.25, 0.3) is 0 Å². The minimum atomic E-state index is -1.30. The number of aromatic hydroxyl groups is 2. The van der Waals surface area contributed by atoms with Gasteiger partial charge in [0.2, 0.25) is 0 Å². The van der Waals surface area contributed by atoms with Crippen molar-refractivity contribution in [2.45, 2.75) is 18.6 Å². The summed E-state index contributed by atoms with van der Waals surface area (Å²) in [5, 5.41) is 41.1. The molecule has 17 heavy (non-hydrogen) atoms. The van der Waals surface area contributed by atoms with Crippen molar-refractivity contribution in [3.63, 3.8) is 0 Å². The number of aliphatic hydroxyl groups is 2. The zero-order chi connectivity index (χ0) is 12.8. The number of rotatable bonds is 5. The highest BCUT2D eigenvalue weighted by Crippen LogP contribution is 2.30. The lowest BCUT2D eigenvalue weighted by Crippen LogP contribution is -2.19. The molecule has 4 N–H and O–H groups in total. The molecule has 0 saturated heterocycles. The first-order valence-electron chi connectivity index (χ1n) is 4.95. The maximum atomic E-state index is 9.73. The fraction of sp³-hybridized carbons (Fsp3) is 0.400. The molecule has 0 saturated carbocycles. The second-order valence-corrected chi connectivity index (χ2v) is 3.50. The smallest absolute Gasteiger partial charge is 0.125 e. The van der Waals surface area contributed by atoms with Crippen molar-refractivity contribution in [3.8, 4) is 11.5 Å². The summed E-state index contributed by atoms with van der Waals surface area (Å²) >= 11 is 0. The van der Waals surface area contributed by atoms with Gasteiger partial charge in [-0.3, -0.25) is 0 Å². The molecule has 0 aliphatic heterocycles. The minimum absolute atomic E-state index is 0.0492. The van der Waals surface area contributed by atoms with Gasteiger partial charge in [-0.2, -0.15) is 0 Å². The molecule has 7 heteroatoms. The summed E-state index contributed by atoms with van der Waals surface area (Å²) < 4.78 is 0. The number of benzene rings is 1. The van der Waals surface area contributed by atoms with E-state index in [0.717, 1.165) is 6.07 Å². The van der Waals surface area contributed by atoms with E-state index in [1.807, 2.05) is 0 Å². The Balaban J connectivity index is 2.73. The molecule has 1 rings (SSSR count). The van der Waals surface area contributed by atoms with Crippen molar-refractivity contribution in [2.75, 3.05) is 6.54 Å². The Bertz CT molecular complexity index is 432. The fourth-order valence-electron chi connectivity index (χ4n) is 1.38. The summed E-state index contributed by atoms with van der Waals surface area (Å²) in [5.41, 5.74) is 8.16. The zero-order valence-electron chi connectivity index (χ0n) is 8.93. The Morgan fingerprint density at radius 2 is 2.00 bits per heavy atom. The number of hydrogen-bond donors (Lipinski definition) is 4. The second kappa shape index (κ2) is 5.95. The molecular weight excluding hydrogens is 226 g/mol. The molecule has 0 heterocycles. The first-order valence-corrected chi connectivity index (χ1v) is 4.95. The Labute approximate surface area is 97.2 Å². The Morgan fingerprint density at radius 1 is 1.29 bits per heavy atom. The summed E-state index contributed by atoms with van der Waals surface area (Å²) in [6.45, 7) is 0.0492. The van der Waals surface area contributed by atoms with Crippen LogP contribution in [0.25, 0.3) is 10.4 Å². The number of nitrogens with zero attached hydrogens (tertiary/aromatic N) is 3. The summed E-state index contributed by atoms with van der Waals surface area (Å²) in [7, 11) is 0. The van der Waals surface area contributed by atoms with Gasteiger partial charge in [0, 0.05) is 23.1 Å². The normalized spacial score (nSPS) is 13.8. The summed E-state index contributed by atoms with van der Waals surface area (Å²) in [6, 6.07) is 3.67. The van der Waals surface area contributed by atoms with E-state index < -0.39 is 12.2 Å². The van der Waals surface area contributed by atoms with Gasteiger partial charge in [0.15, 0.2) is 0 Å². The molecule has 1 aromatic carbocycles. The molecule has 0 bridgehead atoms. The van der Waals surface area contributed by atoms with E-state index in [-0.39, 0.29) is 30.0 Å². The molecule has 2 unspecified atom stereocenters. The van der Waals surface area contributed by atoms with Crippen LogP contribution < -0.4 is 0 Å². The number of phenols is 2. The predicted octanol–water partition coefficient (Wildman–Crippen LogP) is 1.19. The highest BCUT2D eigenvalue weighted by molar-refractivity contribution is 5.40. The van der Waals surface area contributed by atoms with Crippen LogP contribution in [-0.4, -0.2) is 33.1 Å². The van der Waals surface area contributed by atoms with E-state index >= 15 is 0 Å². The maximum Gasteiger partial charge on any atom is 0.125 e. The third kappa shape index (κ3) is 3.53. The second-order valence-electron chi connectivity index (χ2n) is 3.50. The number of aliphatic hydroxyl groups excluding tert-OH is 2. The minimum Gasteiger partial charge on any atom is -0.508 e. The first-order chi connectivity index (χ1) is 8.06. The molecule has 0 aliphatic rings. The summed E-state index contributed by atoms with van der Waals surface area (Å²) in [6.07, 6.45) is -2.38. The van der Waals surface area contributed by atoms with Gasteiger partial charge in [0.05, 0.1) is 6.10 Å². The van der Waals surface area contributed by atoms with Gasteiger partial charge >= 0.3 is 0 Å². The van der Waals surface area contributed by atoms with Crippen LogP contribution in [0.1, 0.15) is 18.1 Å². The van der Waals surface area contributed by atoms with Crippen molar-refractivity contribution in [1.82, 2.24) is 0 Å². The Kier molecular flexibility index (Phi) is 4.59. The molecule has 0 fully saturated rings. The Hall–Kier alpha value is -1.95. The third-order valence-electron chi connectivity index (χ3n) is 2.29. The lowest BCUT2D eigenvalue weighted by atomic mass is 10.0. The molecule has 0 radical (unpaired) electrons. The molecule has 0 aliphatic carbocycles. The molecule has 0 amide bonds. The van der Waals surface area contributed by atoms with E-state index in [4.69, 9.17) is 10.6 Å². The summed E-state index contributed by atoms with van der Waals surface area (Å²) in [4.78, 5) is 2.52. The number of hydrogen-bond acceptors (Lipinski definition) is 5. The lowest BCUT2D eigenvalue weighted by Gasteiger charge is -2.18. The highest BCUT2D eigenvalue weighted by Gasteiger charge is 2.20. The zero-order valence-corrected chi connectivity index (χ0v) is 8.93. The van der Waals surface area contributed by atoms with Crippen molar-refractivity contribution < 1.29 is 20.4 Å². The lowest BCUT2D eigenvalue weighted by molar-refractivity contribution is 0.0137. The first kappa shape index (κ1) is 13.1. The molecule has 1 aromatic rings. The van der Waals surface area contributed by atoms with Crippen LogP contribution in [0.5, 0.6) is 11.5 Å². The van der Waals surface area contributed by atoms with Gasteiger partial charge in [-0.1, -0.05) is 5.11 Å². The topological polar surface area (TPSA) is 130 Å². The number of azide groups is 1. The highest BCUT2D eigenvalue weighted by atomic mass is 16.3. The molecule has 92 valence electrons. The van der Waals surface area contributed by atoms with Crippen molar-refractivity contribution >= 4 is 0 Å². The van der Waals surface area contributed by atoms with Crippen LogP contribution in [0.3, 0.4) is 0 Å². The van der Waals surface area contributed by atoms with E-state index in [0.29, 0.717) is 0 Å². The Morgan fingerprint density at radius 3 is 2.59 bits per heavy atom. The van der Waals surface area contributed by atoms with Crippen LogP contribution in [0.15, 0.2) is 23.3 Å². The molecule has 2 atom stereocenters. The molecule has 0 spiro atoms. The van der Waals surface area contributed by atoms with E-state index in [2.05, 4.69) is 10.0 Å². The SMILES string of the molecule is [N-]=[N+]=NCCC(O)C(O)c1ccc(O)cc1O. The largest absolute Gasteiger partial charge is 0.508 e. The van der Waals surface area contributed by atoms with E-state index in [1.54, 1.807) is 0 Å². The van der Waals surface area contributed by atoms with Gasteiger partial charge in [-0.25, -0.2) is 0 Å². The molecular formula is C10H13N3O4. The van der Waals surface area contributed by atoms with Crippen LogP contribution in [0.4, 0.5) is 0 Å². The monoisotopic (exact) mass is 239 g/mol. The van der Waals surface area contributed by atoms with E-state index in [9.17, 15) is 15.3 Å². The average Bonchev–Trinajstić information content (AvgIpc) is 2.28. The fourth-order valence-corrected chi connectivity index (χ4v) is 1.38. The van der Waals surface area contributed by atoms with Crippen molar-refractivity contribution in [3.05, 3.63) is 34.2 Å². The van der Waals surface area contributed by atoms with Gasteiger partial charge in [0.1, 0.15) is 17.6 Å². The standard InChI is InChI=1S/C10H13N3O4/c11-13-12-4-3-8(15)10(17)7-2-1-6(14)5-9(7)16/h1-2,5,8,10,14-17H,3-4H2. The van der Waals surface area contributed by atoms with Crippen LogP contribution in [-0.2, 0) is 0 Å². The van der Waals surface area contributed by atoms with Crippen LogP contribution in [0.2, 0.25) is 0 Å². The maximum absolute atomic E-state index is 9.73. The quantitative estimate of drug-likeness (QED) is 0.349. The third-order valence-corrected chi connectivity index (χ3v) is 2.29. The molecule has 7 nitrogen and oxygen atoms in total. The van der Waals surface area contributed by atoms with Crippen molar-refractivity contribution in [2.24, 2.45) is 5.11 Å². The predicted molar refractivity (Wildman–Crippen MR) is 59.4 cm³/mol. The van der Waals surface area contributed by atoms with Crippen molar-refractivity contribution in [1.29, 1.82) is 0 Å². The van der Waals surface area contributed by atoms with Gasteiger partial charge in [-0.15, -0.1) is 0 Å².